The first-order valence-electron chi connectivity index (χ1n) is 11.5. The van der Waals surface area contributed by atoms with Gasteiger partial charge in [0.2, 0.25) is 0 Å². The molecule has 1 aliphatic heterocycles. The number of nitrogen functional groups attached to an aromatic ring is 1. The van der Waals surface area contributed by atoms with E-state index in [9.17, 15) is 28.2 Å². The predicted molar refractivity (Wildman–Crippen MR) is 125 cm³/mol. The van der Waals surface area contributed by atoms with Crippen LogP contribution in [0.1, 0.15) is 54.4 Å². The number of carbonyl (C=O) groups is 1. The number of carbonyl (C=O) groups excluding carboxylic acids is 1. The molecule has 4 atom stereocenters. The molecule has 36 heavy (non-hydrogen) atoms. The van der Waals surface area contributed by atoms with Gasteiger partial charge in [-0.3, -0.25) is 9.78 Å². The van der Waals surface area contributed by atoms with E-state index in [0.717, 1.165) is 24.3 Å². The number of aliphatic hydroxyl groups excluding tert-OH is 1. The topological polar surface area (TPSA) is 119 Å². The molecule has 2 aromatic heterocycles. The predicted octanol–water partition coefficient (Wildman–Crippen LogP) is 3.92. The van der Waals surface area contributed by atoms with E-state index in [4.69, 9.17) is 10.5 Å². The molecule has 0 spiro atoms. The first-order valence-corrected chi connectivity index (χ1v) is 11.5. The van der Waals surface area contributed by atoms with Crippen LogP contribution in [-0.4, -0.2) is 43.8 Å². The summed E-state index contributed by atoms with van der Waals surface area (Å²) in [7, 11) is 0. The fourth-order valence-electron chi connectivity index (χ4n) is 4.54. The van der Waals surface area contributed by atoms with Crippen molar-refractivity contribution in [3.05, 3.63) is 77.0 Å². The molecule has 0 saturated carbocycles. The minimum Gasteiger partial charge on any atom is -0.397 e. The highest BCUT2D eigenvalue weighted by atomic mass is 19.1. The molecule has 3 aromatic rings. The lowest BCUT2D eigenvalue weighted by molar-refractivity contribution is -0.222. The van der Waals surface area contributed by atoms with Crippen molar-refractivity contribution in [2.45, 2.75) is 57.0 Å². The molecule has 0 radical (unpaired) electrons. The van der Waals surface area contributed by atoms with E-state index in [1.54, 1.807) is 6.07 Å². The summed E-state index contributed by atoms with van der Waals surface area (Å²) < 4.78 is 49.2. The van der Waals surface area contributed by atoms with Crippen molar-refractivity contribution >= 4 is 11.5 Å². The highest BCUT2D eigenvalue weighted by molar-refractivity contribution is 6.00. The highest BCUT2D eigenvalue weighted by Gasteiger charge is 2.46. The number of halogens is 3. The number of Topliss-reactive ketones (excluding diaryl/α,β-unsaturated/α-hetero) is 1. The molecule has 1 saturated heterocycles. The Bertz CT molecular complexity index is 1280. The summed E-state index contributed by atoms with van der Waals surface area (Å²) in [6.45, 7) is 3.34. The third kappa shape index (κ3) is 4.71. The zero-order valence-corrected chi connectivity index (χ0v) is 19.7. The number of pyridine rings is 2. The van der Waals surface area contributed by atoms with Gasteiger partial charge in [0, 0.05) is 31.3 Å². The largest absolute Gasteiger partial charge is 0.397 e. The van der Waals surface area contributed by atoms with E-state index >= 15 is 0 Å². The summed E-state index contributed by atoms with van der Waals surface area (Å²) in [4.78, 5) is 21.2. The van der Waals surface area contributed by atoms with E-state index in [0.29, 0.717) is 17.5 Å². The van der Waals surface area contributed by atoms with Gasteiger partial charge in [-0.1, -0.05) is 13.0 Å². The molecule has 1 fully saturated rings. The fraction of sp³-hybridized carbons (Fsp3) is 0.346. The minimum absolute atomic E-state index is 0.0857. The Morgan fingerprint density at radius 1 is 1.22 bits per heavy atom. The van der Waals surface area contributed by atoms with Crippen molar-refractivity contribution in [3.63, 3.8) is 0 Å². The molecule has 1 aromatic carbocycles. The lowest BCUT2D eigenvalue weighted by Gasteiger charge is -2.44. The van der Waals surface area contributed by atoms with Crippen LogP contribution >= 0.6 is 0 Å². The second kappa shape index (κ2) is 9.96. The minimum atomic E-state index is -1.43. The van der Waals surface area contributed by atoms with E-state index in [1.165, 1.54) is 19.3 Å². The van der Waals surface area contributed by atoms with E-state index in [1.807, 2.05) is 6.92 Å². The normalized spacial score (nSPS) is 24.0. The van der Waals surface area contributed by atoms with Crippen LogP contribution in [0, 0.1) is 17.5 Å². The van der Waals surface area contributed by atoms with Crippen LogP contribution < -0.4 is 5.73 Å². The number of anilines is 1. The molecule has 4 rings (SSSR count). The first-order chi connectivity index (χ1) is 17.0. The first kappa shape index (κ1) is 25.7. The third-order valence-corrected chi connectivity index (χ3v) is 6.57. The average molecular weight is 502 g/mol. The van der Waals surface area contributed by atoms with E-state index < -0.39 is 58.4 Å². The number of nitrogens with zero attached hydrogens (tertiary/aromatic N) is 2. The number of aliphatic hydroxyl groups is 2. The Hall–Kier alpha value is -3.34. The Labute approximate surface area is 205 Å². The summed E-state index contributed by atoms with van der Waals surface area (Å²) in [5.41, 5.74) is 3.45. The lowest BCUT2D eigenvalue weighted by Crippen LogP contribution is -2.55. The lowest BCUT2D eigenvalue weighted by atomic mass is 9.82. The van der Waals surface area contributed by atoms with Crippen molar-refractivity contribution < 1.29 is 32.9 Å². The summed E-state index contributed by atoms with van der Waals surface area (Å²) in [5.74, 6) is -3.77. The SMILES string of the molecule is CC[C@H]1O[C@@H](c2ccncc2CC(=O)c2nc(-c3c(F)cccc3F)c(F)cc2N)C[C@@H](O)[C@]1(C)O. The second-order valence-electron chi connectivity index (χ2n) is 9.03. The molecule has 0 unspecified atom stereocenters. The van der Waals surface area contributed by atoms with Crippen molar-refractivity contribution in [2.24, 2.45) is 0 Å². The number of nitrogens with two attached hydrogens (primary N) is 1. The van der Waals surface area contributed by atoms with Gasteiger partial charge in [0.25, 0.3) is 0 Å². The number of rotatable bonds is 6. The van der Waals surface area contributed by atoms with Crippen LogP contribution in [0.4, 0.5) is 18.9 Å². The Morgan fingerprint density at radius 2 is 1.92 bits per heavy atom. The van der Waals surface area contributed by atoms with Crippen LogP contribution in [0.5, 0.6) is 0 Å². The van der Waals surface area contributed by atoms with Crippen molar-refractivity contribution in [1.82, 2.24) is 9.97 Å². The molecule has 4 N–H and O–H groups in total. The molecule has 190 valence electrons. The summed E-state index contributed by atoms with van der Waals surface area (Å²) in [5, 5.41) is 21.1. The maximum atomic E-state index is 14.6. The van der Waals surface area contributed by atoms with Crippen molar-refractivity contribution in [2.75, 3.05) is 5.73 Å². The average Bonchev–Trinajstić information content (AvgIpc) is 2.82. The second-order valence-corrected chi connectivity index (χ2v) is 9.03. The van der Waals surface area contributed by atoms with Crippen LogP contribution in [0.15, 0.2) is 42.7 Å². The third-order valence-electron chi connectivity index (χ3n) is 6.57. The molecule has 1 aliphatic rings. The van der Waals surface area contributed by atoms with Crippen LogP contribution in [0.3, 0.4) is 0 Å². The summed E-state index contributed by atoms with van der Waals surface area (Å²) in [6.07, 6.45) is 0.894. The molecule has 7 nitrogen and oxygen atoms in total. The molecule has 0 aliphatic carbocycles. The number of ketones is 1. The number of aromatic nitrogens is 2. The zero-order valence-electron chi connectivity index (χ0n) is 19.7. The number of hydrogen-bond donors (Lipinski definition) is 3. The summed E-state index contributed by atoms with van der Waals surface area (Å²) in [6, 6.07) is 5.50. The Morgan fingerprint density at radius 3 is 2.58 bits per heavy atom. The Balaban J connectivity index is 1.67. The molecule has 0 bridgehead atoms. The van der Waals surface area contributed by atoms with Gasteiger partial charge in [-0.25, -0.2) is 18.2 Å². The summed E-state index contributed by atoms with van der Waals surface area (Å²) >= 11 is 0. The maximum absolute atomic E-state index is 14.6. The standard InChI is InChI=1S/C26H26F3N3O4/c1-3-22-26(2,35)21(34)11-20(36-22)14-7-8-31-12-13(14)9-19(33)25-18(30)10-17(29)24(32-25)23-15(27)5-4-6-16(23)28/h4-8,10,12,20-22,34-35H,3,9,11,30H2,1-2H3/t20-,21-,22-,26+/m1/s1. The van der Waals surface area contributed by atoms with Gasteiger partial charge in [0.05, 0.1) is 29.6 Å². The quantitative estimate of drug-likeness (QED) is 0.438. The van der Waals surface area contributed by atoms with Gasteiger partial charge >= 0.3 is 0 Å². The molecule has 0 amide bonds. The van der Waals surface area contributed by atoms with Crippen LogP contribution in [0.25, 0.3) is 11.3 Å². The van der Waals surface area contributed by atoms with Crippen molar-refractivity contribution in [1.29, 1.82) is 0 Å². The van der Waals surface area contributed by atoms with Gasteiger partial charge in [0.15, 0.2) is 11.6 Å². The van der Waals surface area contributed by atoms with E-state index in [2.05, 4.69) is 9.97 Å². The maximum Gasteiger partial charge on any atom is 0.187 e. The highest BCUT2D eigenvalue weighted by Crippen LogP contribution is 2.39. The van der Waals surface area contributed by atoms with Gasteiger partial charge < -0.3 is 20.7 Å². The van der Waals surface area contributed by atoms with Crippen LogP contribution in [-0.2, 0) is 11.2 Å². The van der Waals surface area contributed by atoms with Crippen molar-refractivity contribution in [3.8, 4) is 11.3 Å². The number of ether oxygens (including phenoxy) is 1. The Kier molecular flexibility index (Phi) is 7.12. The number of benzene rings is 1. The zero-order chi connectivity index (χ0) is 26.2. The van der Waals surface area contributed by atoms with Crippen LogP contribution in [0.2, 0.25) is 0 Å². The monoisotopic (exact) mass is 501 g/mol. The van der Waals surface area contributed by atoms with Gasteiger partial charge in [-0.2, -0.15) is 0 Å². The van der Waals surface area contributed by atoms with Gasteiger partial charge in [-0.05, 0) is 42.7 Å². The van der Waals surface area contributed by atoms with Gasteiger partial charge in [-0.15, -0.1) is 0 Å². The van der Waals surface area contributed by atoms with E-state index in [-0.39, 0.29) is 24.2 Å². The molecular weight excluding hydrogens is 475 g/mol. The smallest absolute Gasteiger partial charge is 0.187 e. The molecule has 3 heterocycles. The van der Waals surface area contributed by atoms with Gasteiger partial charge in [0.1, 0.15) is 28.6 Å². The molecular formula is C26H26F3N3O4. The number of hydrogen-bond acceptors (Lipinski definition) is 7. The molecule has 10 heteroatoms. The fourth-order valence-corrected chi connectivity index (χ4v) is 4.54.